The molecule has 1 aromatic carbocycles. The van der Waals surface area contributed by atoms with E-state index in [0.29, 0.717) is 68.3 Å². The predicted molar refractivity (Wildman–Crippen MR) is 125 cm³/mol. The third-order valence-electron chi connectivity index (χ3n) is 7.57. The van der Waals surface area contributed by atoms with Crippen LogP contribution in [-0.4, -0.2) is 58.4 Å². The molecule has 5 rings (SSSR count). The van der Waals surface area contributed by atoms with Gasteiger partial charge in [-0.05, 0) is 49.5 Å². The van der Waals surface area contributed by atoms with Gasteiger partial charge >= 0.3 is 0 Å². The molecule has 35 heavy (non-hydrogen) atoms. The van der Waals surface area contributed by atoms with E-state index in [1.54, 1.807) is 28.0 Å². The molecule has 3 fully saturated rings. The van der Waals surface area contributed by atoms with Crippen LogP contribution < -0.4 is 0 Å². The maximum absolute atomic E-state index is 14.0. The molecule has 3 heterocycles. The van der Waals surface area contributed by atoms with E-state index < -0.39 is 29.5 Å². The number of piperidine rings is 1. The Morgan fingerprint density at radius 1 is 1.14 bits per heavy atom. The topological polar surface area (TPSA) is 66.9 Å². The van der Waals surface area contributed by atoms with Crippen LogP contribution in [-0.2, 0) is 16.0 Å². The first-order chi connectivity index (χ1) is 16.7. The minimum Gasteiger partial charge on any atom is -0.342 e. The Kier molecular flexibility index (Phi) is 5.95. The Balaban J connectivity index is 1.28. The maximum atomic E-state index is 14.0. The van der Waals surface area contributed by atoms with Crippen LogP contribution in [0.15, 0.2) is 54.2 Å². The largest absolute Gasteiger partial charge is 0.342 e. The van der Waals surface area contributed by atoms with Crippen molar-refractivity contribution >= 4 is 17.6 Å². The van der Waals surface area contributed by atoms with E-state index in [9.17, 15) is 23.2 Å². The van der Waals surface area contributed by atoms with E-state index in [1.807, 2.05) is 0 Å². The molecule has 0 radical (unpaired) electrons. The summed E-state index contributed by atoms with van der Waals surface area (Å²) in [5.41, 5.74) is 1.40. The quantitative estimate of drug-likeness (QED) is 0.596. The molecular weight excluding hydrogens is 454 g/mol. The zero-order valence-corrected chi connectivity index (χ0v) is 19.7. The van der Waals surface area contributed by atoms with Gasteiger partial charge in [0.1, 0.15) is 12.1 Å². The first-order valence-corrected chi connectivity index (χ1v) is 12.0. The van der Waals surface area contributed by atoms with Gasteiger partial charge < -0.3 is 14.5 Å². The van der Waals surface area contributed by atoms with E-state index >= 15 is 0 Å². The fraction of sp³-hybridized carbons (Fsp3) is 0.444. The zero-order valence-electron chi connectivity index (χ0n) is 19.7. The number of rotatable bonds is 4. The first-order valence-electron chi connectivity index (χ1n) is 12.0. The number of fused-ring (bicyclic) bond motifs is 2. The van der Waals surface area contributed by atoms with Crippen molar-refractivity contribution in [1.29, 1.82) is 0 Å². The van der Waals surface area contributed by atoms with Crippen LogP contribution in [0.1, 0.15) is 65.3 Å². The summed E-state index contributed by atoms with van der Waals surface area (Å²) in [6.07, 6.45) is 4.48. The molecule has 2 atom stereocenters. The SMILES string of the molecule is C=C(/C=C(F)\C=C(/C)F)[C@@H]1CC[C@H]2OC3(CCN(C(=O)c4cccc5c4CCC5=O)CC3)C(=O)N21. The molecule has 0 bridgehead atoms. The van der Waals surface area contributed by atoms with Crippen molar-refractivity contribution in [2.45, 2.75) is 63.3 Å². The average Bonchev–Trinajstić information content (AvgIpc) is 3.48. The number of benzene rings is 1. The van der Waals surface area contributed by atoms with Gasteiger partial charge in [0.05, 0.1) is 11.9 Å². The number of hydrogen-bond donors (Lipinski definition) is 0. The Morgan fingerprint density at radius 3 is 2.60 bits per heavy atom. The normalized spacial score (nSPS) is 25.9. The van der Waals surface area contributed by atoms with Crippen LogP contribution in [0.4, 0.5) is 8.78 Å². The molecule has 1 aliphatic carbocycles. The van der Waals surface area contributed by atoms with Gasteiger partial charge in [-0.3, -0.25) is 14.4 Å². The number of Topliss-reactive ketones (excluding diaryl/α,β-unsaturated/α-hetero) is 1. The molecule has 184 valence electrons. The lowest BCUT2D eigenvalue weighted by Gasteiger charge is -2.37. The standard InChI is InChI=1S/C27H28F2N2O4/c1-16(14-18(29)15-17(2)28)22-7-9-24-31(22)26(34)27(35-24)10-12-30(13-11-27)25(33)21-5-3-4-20-19(21)6-8-23(20)32/h3-5,14-15,22,24H,1,6-13H2,2H3/b17-15+,18-14+/t22-,24+/m0/s1. The summed E-state index contributed by atoms with van der Waals surface area (Å²) in [5.74, 6) is -1.61. The van der Waals surface area contributed by atoms with Crippen LogP contribution in [0.25, 0.3) is 0 Å². The molecule has 1 spiro atoms. The third-order valence-corrected chi connectivity index (χ3v) is 7.57. The summed E-state index contributed by atoms with van der Waals surface area (Å²) in [7, 11) is 0. The van der Waals surface area contributed by atoms with E-state index in [2.05, 4.69) is 6.58 Å². The van der Waals surface area contributed by atoms with E-state index in [-0.39, 0.29) is 17.6 Å². The van der Waals surface area contributed by atoms with Crippen LogP contribution in [0.2, 0.25) is 0 Å². The molecule has 8 heteroatoms. The number of allylic oxidation sites excluding steroid dienone is 3. The summed E-state index contributed by atoms with van der Waals surface area (Å²) in [6, 6.07) is 4.87. The number of carbonyl (C=O) groups excluding carboxylic acids is 3. The third kappa shape index (κ3) is 4.03. The minimum absolute atomic E-state index is 0.0690. The lowest BCUT2D eigenvalue weighted by Crippen LogP contribution is -2.52. The summed E-state index contributed by atoms with van der Waals surface area (Å²) >= 11 is 0. The lowest BCUT2D eigenvalue weighted by atomic mass is 9.89. The van der Waals surface area contributed by atoms with Crippen molar-refractivity contribution in [1.82, 2.24) is 9.80 Å². The van der Waals surface area contributed by atoms with Crippen LogP contribution in [0.3, 0.4) is 0 Å². The Hall–Kier alpha value is -3.13. The van der Waals surface area contributed by atoms with Gasteiger partial charge in [-0.1, -0.05) is 18.7 Å². The number of carbonyl (C=O) groups is 3. The van der Waals surface area contributed by atoms with Crippen LogP contribution in [0.5, 0.6) is 0 Å². The van der Waals surface area contributed by atoms with Crippen molar-refractivity contribution in [3.05, 3.63) is 70.8 Å². The second-order valence-corrected chi connectivity index (χ2v) is 9.75. The minimum atomic E-state index is -1.01. The molecule has 0 aromatic heterocycles. The number of hydrogen-bond acceptors (Lipinski definition) is 4. The molecule has 0 N–H and O–H groups in total. The highest BCUT2D eigenvalue weighted by atomic mass is 19.1. The lowest BCUT2D eigenvalue weighted by molar-refractivity contribution is -0.142. The number of amides is 2. The smallest absolute Gasteiger partial charge is 0.257 e. The van der Waals surface area contributed by atoms with Gasteiger partial charge in [-0.25, -0.2) is 8.78 Å². The molecule has 0 unspecified atom stereocenters. The number of nitrogens with zero attached hydrogens (tertiary/aromatic N) is 2. The van der Waals surface area contributed by atoms with Gasteiger partial charge in [0, 0.05) is 49.6 Å². The fourth-order valence-corrected chi connectivity index (χ4v) is 5.85. The predicted octanol–water partition coefficient (Wildman–Crippen LogP) is 4.42. The first kappa shape index (κ1) is 23.6. The molecule has 4 aliphatic rings. The molecule has 6 nitrogen and oxygen atoms in total. The monoisotopic (exact) mass is 482 g/mol. The Morgan fingerprint density at radius 2 is 1.89 bits per heavy atom. The van der Waals surface area contributed by atoms with Gasteiger partial charge in [-0.15, -0.1) is 0 Å². The van der Waals surface area contributed by atoms with Crippen molar-refractivity contribution in [3.63, 3.8) is 0 Å². The number of likely N-dealkylation sites (tertiary alicyclic amines) is 1. The fourth-order valence-electron chi connectivity index (χ4n) is 5.85. The molecule has 1 aromatic rings. The van der Waals surface area contributed by atoms with E-state index in [0.717, 1.165) is 18.6 Å². The number of halogens is 2. The second-order valence-electron chi connectivity index (χ2n) is 9.75. The van der Waals surface area contributed by atoms with Gasteiger partial charge in [0.25, 0.3) is 11.8 Å². The second kappa shape index (κ2) is 8.82. The van der Waals surface area contributed by atoms with Crippen molar-refractivity contribution < 1.29 is 27.9 Å². The van der Waals surface area contributed by atoms with Crippen molar-refractivity contribution in [3.8, 4) is 0 Å². The van der Waals surface area contributed by atoms with E-state index in [1.165, 1.54) is 6.08 Å². The number of ketones is 1. The van der Waals surface area contributed by atoms with Crippen molar-refractivity contribution in [2.75, 3.05) is 13.1 Å². The van der Waals surface area contributed by atoms with Gasteiger partial charge in [0.15, 0.2) is 11.4 Å². The molecule has 3 saturated heterocycles. The van der Waals surface area contributed by atoms with E-state index in [4.69, 9.17) is 4.74 Å². The highest BCUT2D eigenvalue weighted by molar-refractivity contribution is 6.05. The van der Waals surface area contributed by atoms with Crippen LogP contribution >= 0.6 is 0 Å². The molecule has 3 aliphatic heterocycles. The summed E-state index contributed by atoms with van der Waals surface area (Å²) in [6.45, 7) is 5.81. The Labute approximate surface area is 202 Å². The Bertz CT molecular complexity index is 1180. The average molecular weight is 483 g/mol. The van der Waals surface area contributed by atoms with Gasteiger partial charge in [0.2, 0.25) is 0 Å². The number of ether oxygens (including phenoxy) is 1. The molecule has 2 amide bonds. The highest BCUT2D eigenvalue weighted by Crippen LogP contribution is 2.44. The highest BCUT2D eigenvalue weighted by Gasteiger charge is 2.58. The maximum Gasteiger partial charge on any atom is 0.257 e. The summed E-state index contributed by atoms with van der Waals surface area (Å²) in [4.78, 5) is 42.2. The summed E-state index contributed by atoms with van der Waals surface area (Å²) in [5, 5.41) is 0. The summed E-state index contributed by atoms with van der Waals surface area (Å²) < 4.78 is 33.3. The van der Waals surface area contributed by atoms with Gasteiger partial charge in [-0.2, -0.15) is 0 Å². The molecular formula is C27H28F2N2O4. The molecule has 0 saturated carbocycles. The zero-order chi connectivity index (χ0) is 24.9. The van der Waals surface area contributed by atoms with Crippen LogP contribution in [0, 0.1) is 0 Å². The van der Waals surface area contributed by atoms with Crippen molar-refractivity contribution in [2.24, 2.45) is 0 Å².